The molecule has 0 amide bonds. The normalized spacial score (nSPS) is 12.8. The van der Waals surface area contributed by atoms with Crippen LogP contribution in [0.1, 0.15) is 33.3 Å². The Morgan fingerprint density at radius 2 is 1.57 bits per heavy atom. The summed E-state index contributed by atoms with van der Waals surface area (Å²) in [5.41, 5.74) is 0.790. The van der Waals surface area contributed by atoms with Gasteiger partial charge >= 0.3 is 7.60 Å². The molecule has 0 aromatic heterocycles. The second-order valence-electron chi connectivity index (χ2n) is 4.89. The van der Waals surface area contributed by atoms with E-state index >= 15 is 0 Å². The third-order valence-electron chi connectivity index (χ3n) is 3.33. The number of hydrogen-bond acceptors (Lipinski definition) is 5. The monoisotopic (exact) mass is 363 g/mol. The Labute approximate surface area is 139 Å². The Morgan fingerprint density at radius 1 is 1.04 bits per heavy atom. The van der Waals surface area contributed by atoms with Crippen LogP contribution in [0.3, 0.4) is 0 Å². The van der Waals surface area contributed by atoms with Gasteiger partial charge in [-0.3, -0.25) is 4.57 Å². The van der Waals surface area contributed by atoms with Gasteiger partial charge in [0.1, 0.15) is 0 Å². The fourth-order valence-electron chi connectivity index (χ4n) is 2.28. The van der Waals surface area contributed by atoms with Gasteiger partial charge in [0, 0.05) is 13.1 Å². The zero-order valence-electron chi connectivity index (χ0n) is 14.4. The van der Waals surface area contributed by atoms with E-state index in [9.17, 15) is 13.0 Å². The molecule has 0 radical (unpaired) electrons. The van der Waals surface area contributed by atoms with Gasteiger partial charge in [-0.25, -0.2) is 8.42 Å². The molecule has 132 valence electrons. The zero-order chi connectivity index (χ0) is 17.7. The summed E-state index contributed by atoms with van der Waals surface area (Å²) in [7, 11) is -7.47. The molecule has 0 heterocycles. The van der Waals surface area contributed by atoms with Gasteiger partial charge in [-0.1, -0.05) is 25.5 Å². The minimum Gasteiger partial charge on any atom is -0.305 e. The summed E-state index contributed by atoms with van der Waals surface area (Å²) >= 11 is 0. The van der Waals surface area contributed by atoms with Crippen LogP contribution in [0.5, 0.6) is 0 Å². The van der Waals surface area contributed by atoms with Gasteiger partial charge in [0.2, 0.25) is 10.0 Å². The Balaban J connectivity index is 3.61. The van der Waals surface area contributed by atoms with E-state index in [2.05, 4.69) is 0 Å². The zero-order valence-corrected chi connectivity index (χ0v) is 16.1. The molecule has 23 heavy (non-hydrogen) atoms. The molecule has 1 rings (SSSR count). The van der Waals surface area contributed by atoms with Crippen molar-refractivity contribution < 1.29 is 22.0 Å². The van der Waals surface area contributed by atoms with Crippen LogP contribution in [-0.2, 0) is 23.6 Å². The van der Waals surface area contributed by atoms with Crippen LogP contribution >= 0.6 is 7.60 Å². The summed E-state index contributed by atoms with van der Waals surface area (Å²) in [5, 5.41) is 0.105. The average Bonchev–Trinajstić information content (AvgIpc) is 2.48. The summed E-state index contributed by atoms with van der Waals surface area (Å²) in [6.07, 6.45) is 0. The Morgan fingerprint density at radius 3 is 2.00 bits per heavy atom. The van der Waals surface area contributed by atoms with Gasteiger partial charge in [0.15, 0.2) is 0 Å². The van der Waals surface area contributed by atoms with E-state index in [1.807, 2.05) is 0 Å². The second-order valence-corrected chi connectivity index (χ2v) is 8.79. The van der Waals surface area contributed by atoms with Crippen molar-refractivity contribution in [3.8, 4) is 0 Å². The number of benzene rings is 1. The molecule has 1 aromatic rings. The maximum absolute atomic E-state index is 13.1. The van der Waals surface area contributed by atoms with Gasteiger partial charge in [0.25, 0.3) is 0 Å². The molecular weight excluding hydrogens is 337 g/mol. The quantitative estimate of drug-likeness (QED) is 0.631. The van der Waals surface area contributed by atoms with Crippen molar-refractivity contribution in [2.45, 2.75) is 39.5 Å². The molecule has 6 nitrogen and oxygen atoms in total. The number of aryl methyl sites for hydroxylation is 1. The lowest BCUT2D eigenvalue weighted by molar-refractivity contribution is 0.229. The lowest BCUT2D eigenvalue weighted by Gasteiger charge is -2.24. The van der Waals surface area contributed by atoms with Crippen molar-refractivity contribution in [1.82, 2.24) is 4.31 Å². The number of nitrogens with zero attached hydrogens (tertiary/aromatic N) is 1. The van der Waals surface area contributed by atoms with Gasteiger partial charge in [-0.15, -0.1) is 0 Å². The fraction of sp³-hybridized carbons (Fsp3) is 0.600. The van der Waals surface area contributed by atoms with E-state index in [0.717, 1.165) is 5.56 Å². The summed E-state index contributed by atoms with van der Waals surface area (Å²) in [6.45, 7) is 9.71. The Hall–Kier alpha value is -0.720. The summed E-state index contributed by atoms with van der Waals surface area (Å²) in [5.74, 6) is 0. The largest absolute Gasteiger partial charge is 0.362 e. The molecule has 0 fully saturated rings. The van der Waals surface area contributed by atoms with Crippen LogP contribution in [-0.4, -0.2) is 39.0 Å². The van der Waals surface area contributed by atoms with Gasteiger partial charge in [0.05, 0.1) is 23.4 Å². The summed E-state index contributed by atoms with van der Waals surface area (Å²) in [4.78, 5) is -0.0166. The topological polar surface area (TPSA) is 72.9 Å². The highest BCUT2D eigenvalue weighted by Gasteiger charge is 2.35. The Kier molecular flexibility index (Phi) is 7.42. The minimum atomic E-state index is -3.77. The molecule has 0 unspecified atom stereocenters. The third kappa shape index (κ3) is 4.43. The first-order valence-electron chi connectivity index (χ1n) is 7.77. The average molecular weight is 363 g/mol. The highest BCUT2D eigenvalue weighted by molar-refractivity contribution is 7.89. The van der Waals surface area contributed by atoms with Crippen molar-refractivity contribution in [3.05, 3.63) is 23.8 Å². The first-order valence-corrected chi connectivity index (χ1v) is 10.8. The second kappa shape index (κ2) is 8.40. The van der Waals surface area contributed by atoms with Crippen molar-refractivity contribution in [2.75, 3.05) is 26.3 Å². The van der Waals surface area contributed by atoms with Gasteiger partial charge < -0.3 is 9.05 Å². The van der Waals surface area contributed by atoms with Crippen molar-refractivity contribution >= 4 is 22.9 Å². The molecule has 0 bridgehead atoms. The van der Waals surface area contributed by atoms with Crippen LogP contribution in [0, 0.1) is 6.92 Å². The van der Waals surface area contributed by atoms with E-state index in [4.69, 9.17) is 9.05 Å². The van der Waals surface area contributed by atoms with E-state index < -0.39 is 17.6 Å². The molecule has 0 spiro atoms. The lowest BCUT2D eigenvalue weighted by Crippen LogP contribution is -2.34. The number of rotatable bonds is 9. The standard InChI is InChI=1S/C15H26NO5PS/c1-6-16(7-2)23(18,19)15-11-10-13(5)12-14(15)22(17,20-8-3)21-9-4/h10-12H,6-9H2,1-5H3. The molecule has 0 atom stereocenters. The first kappa shape index (κ1) is 20.3. The lowest BCUT2D eigenvalue weighted by atomic mass is 10.2. The van der Waals surface area contributed by atoms with Crippen molar-refractivity contribution in [3.63, 3.8) is 0 Å². The highest BCUT2D eigenvalue weighted by Crippen LogP contribution is 2.48. The molecule has 1 aromatic carbocycles. The van der Waals surface area contributed by atoms with E-state index in [1.165, 1.54) is 10.4 Å². The summed E-state index contributed by atoms with van der Waals surface area (Å²) in [6, 6.07) is 4.73. The Bertz CT molecular complexity index is 660. The van der Waals surface area contributed by atoms with Crippen LogP contribution in [0.4, 0.5) is 0 Å². The highest BCUT2D eigenvalue weighted by atomic mass is 32.2. The third-order valence-corrected chi connectivity index (χ3v) is 7.75. The van der Waals surface area contributed by atoms with Crippen LogP contribution in [0.25, 0.3) is 0 Å². The number of hydrogen-bond donors (Lipinski definition) is 0. The van der Waals surface area contributed by atoms with Gasteiger partial charge in [-0.05, 0) is 32.9 Å². The smallest absolute Gasteiger partial charge is 0.305 e. The first-order chi connectivity index (χ1) is 10.8. The maximum Gasteiger partial charge on any atom is 0.362 e. The van der Waals surface area contributed by atoms with Crippen LogP contribution in [0.15, 0.2) is 23.1 Å². The molecule has 0 aliphatic rings. The molecule has 0 aliphatic heterocycles. The van der Waals surface area contributed by atoms with Crippen LogP contribution < -0.4 is 5.30 Å². The predicted molar refractivity (Wildman–Crippen MR) is 91.8 cm³/mol. The molecule has 8 heteroatoms. The fourth-order valence-corrected chi connectivity index (χ4v) is 6.22. The van der Waals surface area contributed by atoms with E-state index in [1.54, 1.807) is 46.8 Å². The molecule has 0 aliphatic carbocycles. The van der Waals surface area contributed by atoms with E-state index in [0.29, 0.717) is 13.1 Å². The molecule has 0 saturated carbocycles. The van der Waals surface area contributed by atoms with Crippen molar-refractivity contribution in [1.29, 1.82) is 0 Å². The molecular formula is C15H26NO5PS. The summed E-state index contributed by atoms with van der Waals surface area (Å²) < 4.78 is 50.9. The van der Waals surface area contributed by atoms with Gasteiger partial charge in [-0.2, -0.15) is 4.31 Å². The van der Waals surface area contributed by atoms with Crippen LogP contribution in [0.2, 0.25) is 0 Å². The van der Waals surface area contributed by atoms with E-state index in [-0.39, 0.29) is 23.4 Å². The maximum atomic E-state index is 13.1. The predicted octanol–water partition coefficient (Wildman–Crippen LogP) is 2.92. The number of sulfonamides is 1. The molecule has 0 N–H and O–H groups in total. The SMILES string of the molecule is CCOP(=O)(OCC)c1cc(C)ccc1S(=O)(=O)N(CC)CC. The molecule has 0 saturated heterocycles. The minimum absolute atomic E-state index is 0.0166. The van der Waals surface area contributed by atoms with Crippen molar-refractivity contribution in [2.24, 2.45) is 0 Å².